The fourth-order valence-electron chi connectivity index (χ4n) is 2.39. The fourth-order valence-corrected chi connectivity index (χ4v) is 3.51. The van der Waals surface area contributed by atoms with Gasteiger partial charge < -0.3 is 10.4 Å². The Morgan fingerprint density at radius 1 is 0.667 bits per heavy atom. The van der Waals surface area contributed by atoms with Gasteiger partial charge in [-0.2, -0.15) is 57.1 Å². The summed E-state index contributed by atoms with van der Waals surface area (Å²) in [5, 5.41) is 11.2. The number of hydrogen-bond acceptors (Lipinski definition) is 4. The van der Waals surface area contributed by atoms with Gasteiger partial charge in [0, 0.05) is 19.4 Å². The van der Waals surface area contributed by atoms with Crippen molar-refractivity contribution < 1.29 is 75.4 Å². The Kier molecular flexibility index (Phi) is 11.3. The summed E-state index contributed by atoms with van der Waals surface area (Å²) in [6, 6.07) is 0. The van der Waals surface area contributed by atoms with E-state index in [0.29, 0.717) is 19.4 Å². The summed E-state index contributed by atoms with van der Waals surface area (Å²) in [6.07, 6.45) is -9.74. The number of carboxylic acids is 1. The molecule has 36 heavy (non-hydrogen) atoms. The average molecular weight is 584 g/mol. The highest BCUT2D eigenvalue weighted by molar-refractivity contribution is 7.89. The first-order valence-corrected chi connectivity index (χ1v) is 11.4. The molecule has 0 aliphatic carbocycles. The van der Waals surface area contributed by atoms with Crippen molar-refractivity contribution in [1.29, 1.82) is 0 Å². The SMILES string of the molecule is O=C(O)CCCCNCCCNS(=O)(=O)CCC(F)(F)C(F)(F)C(F)(F)C(F)(F)C(F)(F)C(F)(F)F. The highest BCUT2D eigenvalue weighted by Gasteiger charge is 2.90. The van der Waals surface area contributed by atoms with Crippen LogP contribution in [0.1, 0.15) is 32.1 Å². The molecule has 216 valence electrons. The molecule has 0 aliphatic heterocycles. The first-order chi connectivity index (χ1) is 15.9. The highest BCUT2D eigenvalue weighted by Crippen LogP contribution is 2.60. The molecule has 0 heterocycles. The summed E-state index contributed by atoms with van der Waals surface area (Å²) in [7, 11) is -4.94. The molecule has 0 bridgehead atoms. The molecule has 0 saturated heterocycles. The second-order valence-electron chi connectivity index (χ2n) is 7.42. The summed E-state index contributed by atoms with van der Waals surface area (Å²) in [6.45, 7) is -0.107. The predicted molar refractivity (Wildman–Crippen MR) is 96.2 cm³/mol. The zero-order valence-electron chi connectivity index (χ0n) is 17.9. The quantitative estimate of drug-likeness (QED) is 0.176. The molecule has 0 aromatic carbocycles. The van der Waals surface area contributed by atoms with Crippen molar-refractivity contribution in [3.05, 3.63) is 0 Å². The van der Waals surface area contributed by atoms with E-state index in [2.05, 4.69) is 5.32 Å². The Labute approximate surface area is 195 Å². The van der Waals surface area contributed by atoms with Gasteiger partial charge in [-0.25, -0.2) is 13.1 Å². The van der Waals surface area contributed by atoms with E-state index in [1.165, 1.54) is 0 Å². The second kappa shape index (κ2) is 11.9. The van der Waals surface area contributed by atoms with Crippen LogP contribution in [0.3, 0.4) is 0 Å². The number of hydrogen-bond donors (Lipinski definition) is 3. The maximum Gasteiger partial charge on any atom is 0.460 e. The summed E-state index contributed by atoms with van der Waals surface area (Å²) in [5.41, 5.74) is 0. The van der Waals surface area contributed by atoms with Gasteiger partial charge in [0.05, 0.1) is 5.75 Å². The Balaban J connectivity index is 5.06. The van der Waals surface area contributed by atoms with Crippen molar-refractivity contribution >= 4 is 16.0 Å². The molecule has 0 aliphatic rings. The second-order valence-corrected chi connectivity index (χ2v) is 9.34. The van der Waals surface area contributed by atoms with Gasteiger partial charge in [0.15, 0.2) is 0 Å². The lowest BCUT2D eigenvalue weighted by Gasteiger charge is -2.39. The Hall–Kier alpha value is -1.57. The van der Waals surface area contributed by atoms with Crippen molar-refractivity contribution in [3.63, 3.8) is 0 Å². The van der Waals surface area contributed by atoms with Crippen molar-refractivity contribution in [2.45, 2.75) is 67.9 Å². The number of halogens is 13. The molecule has 6 nitrogen and oxygen atoms in total. The van der Waals surface area contributed by atoms with Crippen LogP contribution < -0.4 is 10.0 Å². The topological polar surface area (TPSA) is 95.5 Å². The standard InChI is InChI=1S/C16H21F13N2O4S/c17-11(18,12(19,20)13(21,22)14(23,24)15(25,26)16(27,28)29)5-9-36(34,35)31-8-3-7-30-6-2-1-4-10(32)33/h30-31H,1-9H2,(H,32,33). The molecule has 0 aromatic heterocycles. The van der Waals surface area contributed by atoms with Crippen molar-refractivity contribution in [1.82, 2.24) is 10.0 Å². The summed E-state index contributed by atoms with van der Waals surface area (Å²) >= 11 is 0. The number of alkyl halides is 13. The molecule has 0 fully saturated rings. The van der Waals surface area contributed by atoms with Gasteiger partial charge >= 0.3 is 41.8 Å². The van der Waals surface area contributed by atoms with Crippen molar-refractivity contribution in [2.75, 3.05) is 25.4 Å². The van der Waals surface area contributed by atoms with E-state index < -0.39 is 70.5 Å². The smallest absolute Gasteiger partial charge is 0.460 e. The number of unbranched alkanes of at least 4 members (excludes halogenated alkanes) is 1. The Morgan fingerprint density at radius 2 is 1.14 bits per heavy atom. The number of nitrogens with one attached hydrogen (secondary N) is 2. The summed E-state index contributed by atoms with van der Waals surface area (Å²) < 4.78 is 194. The molecule has 3 N–H and O–H groups in total. The van der Waals surface area contributed by atoms with E-state index in [1.807, 2.05) is 0 Å². The fraction of sp³-hybridized carbons (Fsp3) is 0.938. The molecule has 0 spiro atoms. The van der Waals surface area contributed by atoms with E-state index in [1.54, 1.807) is 4.72 Å². The van der Waals surface area contributed by atoms with Crippen LogP contribution in [0.4, 0.5) is 57.1 Å². The van der Waals surface area contributed by atoms with Crippen LogP contribution in [0.15, 0.2) is 0 Å². The van der Waals surface area contributed by atoms with E-state index in [-0.39, 0.29) is 19.4 Å². The van der Waals surface area contributed by atoms with Crippen LogP contribution in [-0.2, 0) is 14.8 Å². The van der Waals surface area contributed by atoms with Gasteiger partial charge in [-0.15, -0.1) is 0 Å². The Bertz CT molecular complexity index is 832. The molecule has 0 unspecified atom stereocenters. The minimum atomic E-state index is -8.04. The molecule has 0 amide bonds. The Morgan fingerprint density at radius 3 is 1.61 bits per heavy atom. The lowest BCUT2D eigenvalue weighted by molar-refractivity contribution is -0.439. The van der Waals surface area contributed by atoms with Crippen molar-refractivity contribution in [2.24, 2.45) is 0 Å². The molecule has 20 heteroatoms. The number of aliphatic carboxylic acids is 1. The highest BCUT2D eigenvalue weighted by atomic mass is 32.2. The van der Waals surface area contributed by atoms with Gasteiger partial charge in [-0.1, -0.05) is 0 Å². The normalized spacial score (nSPS) is 14.8. The zero-order chi connectivity index (χ0) is 28.9. The minimum Gasteiger partial charge on any atom is -0.481 e. The van der Waals surface area contributed by atoms with Crippen LogP contribution in [0.2, 0.25) is 0 Å². The average Bonchev–Trinajstić information content (AvgIpc) is 2.69. The lowest BCUT2D eigenvalue weighted by atomic mass is 9.93. The third kappa shape index (κ3) is 7.96. The molecular weight excluding hydrogens is 563 g/mol. The first kappa shape index (κ1) is 34.4. The predicted octanol–water partition coefficient (Wildman–Crippen LogP) is 4.27. The van der Waals surface area contributed by atoms with Gasteiger partial charge in [0.2, 0.25) is 10.0 Å². The van der Waals surface area contributed by atoms with Crippen LogP contribution >= 0.6 is 0 Å². The van der Waals surface area contributed by atoms with Gasteiger partial charge in [-0.3, -0.25) is 4.79 Å². The number of rotatable bonds is 17. The molecule has 0 aromatic rings. The van der Waals surface area contributed by atoms with E-state index in [9.17, 15) is 70.3 Å². The van der Waals surface area contributed by atoms with Gasteiger partial charge in [0.25, 0.3) is 0 Å². The van der Waals surface area contributed by atoms with Crippen LogP contribution in [-0.4, -0.2) is 80.7 Å². The van der Waals surface area contributed by atoms with Crippen LogP contribution in [0.25, 0.3) is 0 Å². The van der Waals surface area contributed by atoms with E-state index in [4.69, 9.17) is 5.11 Å². The zero-order valence-corrected chi connectivity index (χ0v) is 18.7. The maximum atomic E-state index is 13.7. The third-order valence-electron chi connectivity index (χ3n) is 4.53. The van der Waals surface area contributed by atoms with Crippen molar-refractivity contribution in [3.8, 4) is 0 Å². The van der Waals surface area contributed by atoms with Gasteiger partial charge in [0.1, 0.15) is 0 Å². The van der Waals surface area contributed by atoms with E-state index in [0.717, 1.165) is 0 Å². The molecule has 0 atom stereocenters. The molecule has 0 saturated carbocycles. The van der Waals surface area contributed by atoms with Crippen LogP contribution in [0.5, 0.6) is 0 Å². The number of sulfonamides is 1. The summed E-state index contributed by atoms with van der Waals surface area (Å²) in [5.74, 6) is -41.0. The third-order valence-corrected chi connectivity index (χ3v) is 5.92. The van der Waals surface area contributed by atoms with Crippen LogP contribution in [0, 0.1) is 0 Å². The largest absolute Gasteiger partial charge is 0.481 e. The lowest BCUT2D eigenvalue weighted by Crippen LogP contribution is -2.70. The van der Waals surface area contributed by atoms with Gasteiger partial charge in [-0.05, 0) is 32.4 Å². The maximum absolute atomic E-state index is 13.7. The first-order valence-electron chi connectivity index (χ1n) is 9.73. The number of carboxylic acid groups (broad SMARTS) is 1. The monoisotopic (exact) mass is 584 g/mol. The molecule has 0 rings (SSSR count). The molecular formula is C16H21F13N2O4S. The van der Waals surface area contributed by atoms with E-state index >= 15 is 0 Å². The summed E-state index contributed by atoms with van der Waals surface area (Å²) in [4.78, 5) is 10.3. The minimum absolute atomic E-state index is 0.0401. The molecule has 0 radical (unpaired) electrons. The number of carbonyl (C=O) groups is 1.